The molecule has 162 valence electrons. The molecule has 0 aliphatic heterocycles. The second-order valence-corrected chi connectivity index (χ2v) is 8.10. The minimum absolute atomic E-state index is 0.133. The van der Waals surface area contributed by atoms with Gasteiger partial charge in [0.25, 0.3) is 5.91 Å². The van der Waals surface area contributed by atoms with Gasteiger partial charge in [0, 0.05) is 43.5 Å². The fraction of sp³-hybridized carbons (Fsp3) is 0.320. The third-order valence-electron chi connectivity index (χ3n) is 6.24. The number of amides is 1. The van der Waals surface area contributed by atoms with Crippen molar-refractivity contribution in [3.63, 3.8) is 0 Å². The molecule has 31 heavy (non-hydrogen) atoms. The first-order valence-corrected chi connectivity index (χ1v) is 10.7. The number of rotatable bonds is 8. The van der Waals surface area contributed by atoms with Crippen molar-refractivity contribution in [1.82, 2.24) is 14.9 Å². The molecule has 0 saturated heterocycles. The van der Waals surface area contributed by atoms with Crippen LogP contribution in [0.3, 0.4) is 0 Å². The van der Waals surface area contributed by atoms with E-state index in [1.54, 1.807) is 5.48 Å². The van der Waals surface area contributed by atoms with Crippen molar-refractivity contribution in [3.05, 3.63) is 77.5 Å². The Morgan fingerprint density at radius 1 is 1.23 bits per heavy atom. The molecule has 0 radical (unpaired) electrons. The van der Waals surface area contributed by atoms with Crippen molar-refractivity contribution < 1.29 is 15.1 Å². The lowest BCUT2D eigenvalue weighted by molar-refractivity contribution is -0.124. The third kappa shape index (κ3) is 4.56. The molecular weight excluding hydrogens is 390 g/mol. The number of aryl methyl sites for hydroxylation is 1. The molecule has 6 nitrogen and oxygen atoms in total. The summed E-state index contributed by atoms with van der Waals surface area (Å²) in [5.41, 5.74) is 7.25. The number of aromatic nitrogens is 1. The number of hydrogen-bond acceptors (Lipinski definition) is 4. The van der Waals surface area contributed by atoms with Crippen LogP contribution in [-0.4, -0.2) is 45.4 Å². The molecule has 3 aromatic rings. The lowest BCUT2D eigenvalue weighted by atomic mass is 9.99. The van der Waals surface area contributed by atoms with E-state index in [0.717, 1.165) is 37.1 Å². The number of nitrogens with zero attached hydrogens (tertiary/aromatic N) is 2. The minimum Gasteiger partial charge on any atom is -0.395 e. The van der Waals surface area contributed by atoms with E-state index in [1.165, 1.54) is 28.1 Å². The highest BCUT2D eigenvalue weighted by Gasteiger charge is 2.28. The Bertz CT molecular complexity index is 1100. The maximum absolute atomic E-state index is 11.4. The minimum atomic E-state index is -0.525. The summed E-state index contributed by atoms with van der Waals surface area (Å²) in [6.45, 7) is 4.37. The van der Waals surface area contributed by atoms with Gasteiger partial charge in [0.15, 0.2) is 0 Å². The molecule has 1 amide bonds. The second kappa shape index (κ2) is 9.47. The van der Waals surface area contributed by atoms with Gasteiger partial charge in [-0.05, 0) is 59.5 Å². The summed E-state index contributed by atoms with van der Waals surface area (Å²) in [7, 11) is 0. The predicted molar refractivity (Wildman–Crippen MR) is 122 cm³/mol. The van der Waals surface area contributed by atoms with Gasteiger partial charge >= 0.3 is 0 Å². The number of allylic oxidation sites excluding steroid dienone is 1. The molecule has 0 bridgehead atoms. The molecule has 0 saturated carbocycles. The van der Waals surface area contributed by atoms with Gasteiger partial charge in [-0.25, -0.2) is 5.48 Å². The molecule has 1 aromatic heterocycles. The van der Waals surface area contributed by atoms with Gasteiger partial charge in [-0.1, -0.05) is 36.4 Å². The number of para-hydroxylation sites is 1. The highest BCUT2D eigenvalue weighted by atomic mass is 16.5. The van der Waals surface area contributed by atoms with Crippen LogP contribution in [-0.2, 0) is 17.8 Å². The average molecular weight is 420 g/mol. The van der Waals surface area contributed by atoms with Crippen molar-refractivity contribution in [2.24, 2.45) is 0 Å². The highest BCUT2D eigenvalue weighted by molar-refractivity contribution is 5.94. The SMILES string of the molecule is C/C(=C\C(=O)NO)c1ccc2c(c1)CCC2N(CCO)CCn1ccc2ccccc21. The standard InChI is InChI=1S/C25H29N3O3/c1-18(16-25(30)26-31)20-6-8-22-21(17-20)7-9-24(22)28(14-15-29)13-12-27-11-10-19-4-2-3-5-23(19)27/h2-6,8,10-11,16-17,24,29,31H,7,9,12-15H2,1H3,(H,26,30)/b18-16+. The highest BCUT2D eigenvalue weighted by Crippen LogP contribution is 2.37. The van der Waals surface area contributed by atoms with Crippen LogP contribution in [0.5, 0.6) is 0 Å². The van der Waals surface area contributed by atoms with Crippen LogP contribution in [0.2, 0.25) is 0 Å². The van der Waals surface area contributed by atoms with E-state index in [0.29, 0.717) is 6.54 Å². The molecule has 1 aliphatic carbocycles. The Morgan fingerprint density at radius 2 is 2.06 bits per heavy atom. The Labute approximate surface area is 182 Å². The summed E-state index contributed by atoms with van der Waals surface area (Å²) in [5, 5.41) is 19.7. The molecule has 4 rings (SSSR count). The van der Waals surface area contributed by atoms with Crippen LogP contribution in [0.1, 0.15) is 36.1 Å². The summed E-state index contributed by atoms with van der Waals surface area (Å²) in [5.74, 6) is -0.525. The van der Waals surface area contributed by atoms with Gasteiger partial charge in [-0.3, -0.25) is 14.9 Å². The van der Waals surface area contributed by atoms with Crippen LogP contribution in [0.15, 0.2) is 60.8 Å². The van der Waals surface area contributed by atoms with Crippen LogP contribution in [0.4, 0.5) is 0 Å². The molecule has 1 aliphatic rings. The Hall–Kier alpha value is -2.93. The monoisotopic (exact) mass is 419 g/mol. The lowest BCUT2D eigenvalue weighted by Crippen LogP contribution is -2.33. The van der Waals surface area contributed by atoms with Crippen LogP contribution < -0.4 is 5.48 Å². The maximum Gasteiger partial charge on any atom is 0.267 e. The van der Waals surface area contributed by atoms with Crippen molar-refractivity contribution >= 4 is 22.4 Å². The quantitative estimate of drug-likeness (QED) is 0.297. The third-order valence-corrected chi connectivity index (χ3v) is 6.24. The number of nitrogens with one attached hydrogen (secondary N) is 1. The van der Waals surface area contributed by atoms with Gasteiger partial charge in [-0.15, -0.1) is 0 Å². The van der Waals surface area contributed by atoms with Crippen molar-refractivity contribution in [1.29, 1.82) is 0 Å². The van der Waals surface area contributed by atoms with E-state index in [2.05, 4.69) is 58.1 Å². The maximum atomic E-state index is 11.4. The zero-order valence-corrected chi connectivity index (χ0v) is 17.8. The normalized spacial score (nSPS) is 16.1. The van der Waals surface area contributed by atoms with Crippen molar-refractivity contribution in [2.45, 2.75) is 32.4 Å². The number of benzene rings is 2. The first-order chi connectivity index (χ1) is 15.1. The molecule has 1 unspecified atom stereocenters. The number of hydrogen-bond donors (Lipinski definition) is 3. The van der Waals surface area contributed by atoms with Gasteiger partial charge in [0.05, 0.1) is 6.61 Å². The zero-order chi connectivity index (χ0) is 21.8. The van der Waals surface area contributed by atoms with Crippen LogP contribution in [0, 0.1) is 0 Å². The number of aliphatic hydroxyl groups excluding tert-OH is 1. The van der Waals surface area contributed by atoms with Crippen LogP contribution >= 0.6 is 0 Å². The smallest absolute Gasteiger partial charge is 0.267 e. The molecule has 3 N–H and O–H groups in total. The van der Waals surface area contributed by atoms with E-state index in [-0.39, 0.29) is 12.6 Å². The fourth-order valence-corrected chi connectivity index (χ4v) is 4.66. The van der Waals surface area contributed by atoms with E-state index in [1.807, 2.05) is 13.0 Å². The molecule has 6 heteroatoms. The molecular formula is C25H29N3O3. The van der Waals surface area contributed by atoms with E-state index < -0.39 is 5.91 Å². The first kappa shape index (κ1) is 21.3. The predicted octanol–water partition coefficient (Wildman–Crippen LogP) is 3.53. The lowest BCUT2D eigenvalue weighted by Gasteiger charge is -2.29. The van der Waals surface area contributed by atoms with E-state index in [9.17, 15) is 9.90 Å². The number of fused-ring (bicyclic) bond motifs is 2. The largest absolute Gasteiger partial charge is 0.395 e. The average Bonchev–Trinajstić information content (AvgIpc) is 3.40. The summed E-state index contributed by atoms with van der Waals surface area (Å²) in [6, 6.07) is 17.1. The van der Waals surface area contributed by atoms with Crippen molar-refractivity contribution in [3.8, 4) is 0 Å². The number of carbonyl (C=O) groups is 1. The number of hydroxylamine groups is 1. The summed E-state index contributed by atoms with van der Waals surface area (Å²) < 4.78 is 2.28. The van der Waals surface area contributed by atoms with Gasteiger partial charge in [-0.2, -0.15) is 0 Å². The fourth-order valence-electron chi connectivity index (χ4n) is 4.66. The molecule has 1 atom stereocenters. The Balaban J connectivity index is 1.51. The molecule has 1 heterocycles. The first-order valence-electron chi connectivity index (χ1n) is 10.7. The second-order valence-electron chi connectivity index (χ2n) is 8.10. The summed E-state index contributed by atoms with van der Waals surface area (Å²) in [6.07, 6.45) is 5.52. The number of carbonyl (C=O) groups excluding carboxylic acids is 1. The Morgan fingerprint density at radius 3 is 2.87 bits per heavy atom. The van der Waals surface area contributed by atoms with Gasteiger partial charge < -0.3 is 9.67 Å². The van der Waals surface area contributed by atoms with Gasteiger partial charge in [0.2, 0.25) is 0 Å². The number of aliphatic hydroxyl groups is 1. The topological polar surface area (TPSA) is 77.7 Å². The van der Waals surface area contributed by atoms with E-state index >= 15 is 0 Å². The summed E-state index contributed by atoms with van der Waals surface area (Å²) >= 11 is 0. The van der Waals surface area contributed by atoms with Crippen molar-refractivity contribution in [2.75, 3.05) is 19.7 Å². The molecule has 0 fully saturated rings. The van der Waals surface area contributed by atoms with E-state index in [4.69, 9.17) is 5.21 Å². The van der Waals surface area contributed by atoms with Crippen LogP contribution in [0.25, 0.3) is 16.5 Å². The van der Waals surface area contributed by atoms with Gasteiger partial charge in [0.1, 0.15) is 0 Å². The summed E-state index contributed by atoms with van der Waals surface area (Å²) in [4.78, 5) is 13.8. The zero-order valence-electron chi connectivity index (χ0n) is 17.8. The molecule has 2 aromatic carbocycles. The Kier molecular flexibility index (Phi) is 6.51. The molecule has 0 spiro atoms.